The second-order valence-electron chi connectivity index (χ2n) is 14.4. The van der Waals surface area contributed by atoms with Crippen molar-refractivity contribution in [2.24, 2.45) is 0 Å². The minimum Gasteiger partial charge on any atom is -0.497 e. The predicted molar refractivity (Wildman–Crippen MR) is 237 cm³/mol. The minimum absolute atomic E-state index is 0.858. The Morgan fingerprint density at radius 2 is 0.778 bits per heavy atom. The molecule has 0 atom stereocenters. The van der Waals surface area contributed by atoms with E-state index >= 15 is 0 Å². The SMILES string of the molecule is COc1ccc2c(-c3ccc(-c4cccc5c4sc4c(C)cccc45)c4ccccc34)c3ccccc3c(-c3cccc4c3sc3c(C)cccc34)c2c1. The number of ether oxygens (including phenoxy) is 1. The van der Waals surface area contributed by atoms with Gasteiger partial charge in [-0.15, -0.1) is 22.7 Å². The lowest BCUT2D eigenvalue weighted by Crippen LogP contribution is -1.93. The molecule has 54 heavy (non-hydrogen) atoms. The van der Waals surface area contributed by atoms with Gasteiger partial charge in [-0.1, -0.05) is 140 Å². The predicted octanol–water partition coefficient (Wildman–Crippen LogP) is 15.5. The number of hydrogen-bond donors (Lipinski definition) is 0. The third-order valence-corrected chi connectivity index (χ3v) is 14.2. The summed E-state index contributed by atoms with van der Waals surface area (Å²) >= 11 is 3.83. The highest BCUT2D eigenvalue weighted by Gasteiger charge is 2.22. The van der Waals surface area contributed by atoms with Crippen LogP contribution in [-0.2, 0) is 0 Å². The molecule has 0 radical (unpaired) electrons. The number of rotatable bonds is 4. The maximum absolute atomic E-state index is 5.92. The molecule has 0 saturated carbocycles. The Bertz CT molecular complexity index is 3340. The Morgan fingerprint density at radius 3 is 1.39 bits per heavy atom. The number of thiophene rings is 2. The minimum atomic E-state index is 0.858. The van der Waals surface area contributed by atoms with Crippen molar-refractivity contribution in [3.63, 3.8) is 0 Å². The first kappa shape index (κ1) is 31.5. The molecule has 0 saturated heterocycles. The summed E-state index contributed by atoms with van der Waals surface area (Å²) in [6.45, 7) is 4.45. The van der Waals surface area contributed by atoms with E-state index in [0.717, 1.165) is 5.75 Å². The normalized spacial score (nSPS) is 12.0. The molecule has 9 aromatic carbocycles. The smallest absolute Gasteiger partial charge is 0.119 e. The monoisotopic (exact) mass is 726 g/mol. The first-order valence-electron chi connectivity index (χ1n) is 18.5. The molecular weight excluding hydrogens is 693 g/mol. The van der Waals surface area contributed by atoms with Crippen LogP contribution in [0.25, 0.3) is 106 Å². The van der Waals surface area contributed by atoms with Crippen LogP contribution in [0.15, 0.2) is 152 Å². The fraction of sp³-hybridized carbons (Fsp3) is 0.0588. The van der Waals surface area contributed by atoms with Crippen molar-refractivity contribution in [1.29, 1.82) is 0 Å². The average molecular weight is 727 g/mol. The summed E-state index contributed by atoms with van der Waals surface area (Å²) in [5.74, 6) is 0.858. The third-order valence-electron chi connectivity index (χ3n) is 11.4. The molecule has 0 aliphatic carbocycles. The highest BCUT2D eigenvalue weighted by Crippen LogP contribution is 2.51. The summed E-state index contributed by atoms with van der Waals surface area (Å²) in [4.78, 5) is 0. The fourth-order valence-electron chi connectivity index (χ4n) is 8.95. The Hall–Kier alpha value is -6.00. The van der Waals surface area contributed by atoms with Gasteiger partial charge in [0.05, 0.1) is 7.11 Å². The average Bonchev–Trinajstić information content (AvgIpc) is 3.80. The molecule has 0 amide bonds. The van der Waals surface area contributed by atoms with E-state index in [4.69, 9.17) is 4.74 Å². The van der Waals surface area contributed by atoms with Gasteiger partial charge in [0.2, 0.25) is 0 Å². The molecular formula is C51H34OS2. The lowest BCUT2D eigenvalue weighted by molar-refractivity contribution is 0.415. The zero-order chi connectivity index (χ0) is 36.1. The van der Waals surface area contributed by atoms with E-state index in [1.165, 1.54) is 117 Å². The van der Waals surface area contributed by atoms with E-state index in [1.54, 1.807) is 7.11 Å². The van der Waals surface area contributed by atoms with Crippen LogP contribution >= 0.6 is 22.7 Å². The van der Waals surface area contributed by atoms with E-state index in [0.29, 0.717) is 0 Å². The Morgan fingerprint density at radius 1 is 0.333 bits per heavy atom. The van der Waals surface area contributed by atoms with Crippen LogP contribution in [0.3, 0.4) is 0 Å². The van der Waals surface area contributed by atoms with E-state index in [1.807, 2.05) is 22.7 Å². The quantitative estimate of drug-likeness (QED) is 0.164. The second-order valence-corrected chi connectivity index (χ2v) is 16.4. The van der Waals surface area contributed by atoms with Gasteiger partial charge in [0.25, 0.3) is 0 Å². The van der Waals surface area contributed by atoms with Gasteiger partial charge in [-0.3, -0.25) is 0 Å². The number of benzene rings is 9. The van der Waals surface area contributed by atoms with E-state index < -0.39 is 0 Å². The Balaban J connectivity index is 1.23. The van der Waals surface area contributed by atoms with Gasteiger partial charge in [-0.25, -0.2) is 0 Å². The van der Waals surface area contributed by atoms with Gasteiger partial charge in [0.1, 0.15) is 5.75 Å². The van der Waals surface area contributed by atoms with Crippen LogP contribution in [0.5, 0.6) is 5.75 Å². The lowest BCUT2D eigenvalue weighted by atomic mass is 9.83. The van der Waals surface area contributed by atoms with E-state index in [-0.39, 0.29) is 0 Å². The molecule has 0 bridgehead atoms. The van der Waals surface area contributed by atoms with Crippen LogP contribution in [-0.4, -0.2) is 7.11 Å². The van der Waals surface area contributed by atoms with Crippen LogP contribution in [0.1, 0.15) is 11.1 Å². The van der Waals surface area contributed by atoms with Gasteiger partial charge in [0.15, 0.2) is 0 Å². The highest BCUT2D eigenvalue weighted by atomic mass is 32.1. The van der Waals surface area contributed by atoms with Gasteiger partial charge >= 0.3 is 0 Å². The van der Waals surface area contributed by atoms with Crippen LogP contribution in [0.2, 0.25) is 0 Å². The zero-order valence-electron chi connectivity index (χ0n) is 30.2. The van der Waals surface area contributed by atoms with E-state index in [2.05, 4.69) is 166 Å². The summed E-state index contributed by atoms with van der Waals surface area (Å²) in [5.41, 5.74) is 10.2. The van der Waals surface area contributed by atoms with E-state index in [9.17, 15) is 0 Å². The molecule has 0 unspecified atom stereocenters. The number of fused-ring (bicyclic) bond motifs is 9. The molecule has 1 nitrogen and oxygen atoms in total. The Kier molecular flexibility index (Phi) is 7.01. The topological polar surface area (TPSA) is 9.23 Å². The summed E-state index contributed by atoms with van der Waals surface area (Å²) in [6, 6.07) is 56.3. The highest BCUT2D eigenvalue weighted by molar-refractivity contribution is 7.27. The molecule has 0 aliphatic heterocycles. The van der Waals surface area contributed by atoms with Crippen molar-refractivity contribution in [3.8, 4) is 39.1 Å². The summed E-state index contributed by atoms with van der Waals surface area (Å²) in [7, 11) is 1.77. The van der Waals surface area contributed by atoms with Gasteiger partial charge in [-0.2, -0.15) is 0 Å². The Labute approximate surface area is 321 Å². The lowest BCUT2D eigenvalue weighted by Gasteiger charge is -2.20. The third kappa shape index (κ3) is 4.49. The maximum atomic E-state index is 5.92. The first-order valence-corrected chi connectivity index (χ1v) is 20.1. The molecule has 11 rings (SSSR count). The molecule has 3 heteroatoms. The molecule has 0 fully saturated rings. The maximum Gasteiger partial charge on any atom is 0.119 e. The first-order chi connectivity index (χ1) is 26.6. The molecule has 2 aromatic heterocycles. The second kappa shape index (κ2) is 12.0. The van der Waals surface area contributed by atoms with Crippen molar-refractivity contribution < 1.29 is 4.74 Å². The fourth-order valence-corrected chi connectivity index (χ4v) is 11.5. The van der Waals surface area contributed by atoms with Crippen molar-refractivity contribution >= 4 is 95.3 Å². The molecule has 256 valence electrons. The van der Waals surface area contributed by atoms with Crippen molar-refractivity contribution in [3.05, 3.63) is 163 Å². The number of aryl methyl sites for hydroxylation is 2. The van der Waals surface area contributed by atoms with Crippen molar-refractivity contribution in [2.45, 2.75) is 13.8 Å². The molecule has 0 aliphatic rings. The van der Waals surface area contributed by atoms with Gasteiger partial charge in [-0.05, 0) is 91.7 Å². The van der Waals surface area contributed by atoms with Crippen molar-refractivity contribution in [2.75, 3.05) is 7.11 Å². The molecule has 0 N–H and O–H groups in total. The molecule has 2 heterocycles. The largest absolute Gasteiger partial charge is 0.497 e. The van der Waals surface area contributed by atoms with Gasteiger partial charge < -0.3 is 4.74 Å². The summed E-state index contributed by atoms with van der Waals surface area (Å²) in [6.07, 6.45) is 0. The van der Waals surface area contributed by atoms with Crippen molar-refractivity contribution in [1.82, 2.24) is 0 Å². The number of hydrogen-bond acceptors (Lipinski definition) is 3. The zero-order valence-corrected chi connectivity index (χ0v) is 31.8. The number of methoxy groups -OCH3 is 1. The van der Waals surface area contributed by atoms with Gasteiger partial charge in [0, 0.05) is 51.5 Å². The van der Waals surface area contributed by atoms with Crippen LogP contribution in [0.4, 0.5) is 0 Å². The van der Waals surface area contributed by atoms with Crippen LogP contribution in [0, 0.1) is 13.8 Å². The van der Waals surface area contributed by atoms with Crippen LogP contribution < -0.4 is 4.74 Å². The molecule has 0 spiro atoms. The summed E-state index contributed by atoms with van der Waals surface area (Å²) < 4.78 is 11.3. The molecule has 11 aromatic rings. The standard InChI is InChI=1S/C51H34OS2/c1-29-12-8-18-40-42-21-10-20-39(50(42)53-48(29)40)34-26-27-37(33-15-5-4-14-32(33)34)46-35-16-6-7-17-36(35)47(45-28-31(52-3)24-25-38(45)46)44-23-11-22-43-41-19-9-13-30(2)49(41)54-51(43)44/h4-28H,1-3H3. The summed E-state index contributed by atoms with van der Waals surface area (Å²) in [5, 5.41) is 12.7.